The minimum absolute atomic E-state index is 0.311. The monoisotopic (exact) mass is 401 g/mol. The van der Waals surface area contributed by atoms with Crippen LogP contribution in [0.2, 0.25) is 0 Å². The van der Waals surface area contributed by atoms with Crippen LogP contribution >= 0.6 is 0 Å². The molecule has 0 aliphatic heterocycles. The van der Waals surface area contributed by atoms with Crippen LogP contribution < -0.4 is 5.73 Å². The molecule has 1 unspecified atom stereocenters. The lowest BCUT2D eigenvalue weighted by Crippen LogP contribution is -2.09. The summed E-state index contributed by atoms with van der Waals surface area (Å²) in [6.07, 6.45) is 5.40. The highest BCUT2D eigenvalue weighted by atomic mass is 16.3. The summed E-state index contributed by atoms with van der Waals surface area (Å²) >= 11 is 0. The summed E-state index contributed by atoms with van der Waals surface area (Å²) in [5.74, 6) is 1.33. The molecule has 0 spiro atoms. The Hall–Kier alpha value is -2.58. The van der Waals surface area contributed by atoms with Crippen molar-refractivity contribution in [2.75, 3.05) is 6.54 Å². The van der Waals surface area contributed by atoms with Gasteiger partial charge < -0.3 is 10.8 Å². The fourth-order valence-corrected chi connectivity index (χ4v) is 4.35. The Morgan fingerprint density at radius 2 is 1.53 bits per heavy atom. The Morgan fingerprint density at radius 1 is 0.800 bits per heavy atom. The Kier molecular flexibility index (Phi) is 8.10. The Bertz CT molecular complexity index is 900. The molecule has 3 N–H and O–H groups in total. The van der Waals surface area contributed by atoms with Crippen LogP contribution in [0, 0.1) is 5.92 Å². The number of benzene rings is 3. The Labute approximate surface area is 181 Å². The van der Waals surface area contributed by atoms with Crippen LogP contribution in [-0.2, 0) is 12.8 Å². The third-order valence-corrected chi connectivity index (χ3v) is 5.74. The lowest BCUT2D eigenvalue weighted by molar-refractivity contribution is 0.475. The highest BCUT2D eigenvalue weighted by molar-refractivity contribution is 5.72. The van der Waals surface area contributed by atoms with Gasteiger partial charge in [-0.25, -0.2) is 0 Å². The summed E-state index contributed by atoms with van der Waals surface area (Å²) in [7, 11) is 0. The molecule has 30 heavy (non-hydrogen) atoms. The average molecular weight is 402 g/mol. The molecular weight excluding hydrogens is 366 g/mol. The quantitative estimate of drug-likeness (QED) is 0.371. The summed E-state index contributed by atoms with van der Waals surface area (Å²) < 4.78 is 0. The van der Waals surface area contributed by atoms with E-state index in [1.165, 1.54) is 27.8 Å². The molecule has 3 rings (SSSR count). The van der Waals surface area contributed by atoms with Crippen LogP contribution in [0.25, 0.3) is 11.1 Å². The van der Waals surface area contributed by atoms with Gasteiger partial charge in [0, 0.05) is 0 Å². The van der Waals surface area contributed by atoms with E-state index >= 15 is 0 Å². The average Bonchev–Trinajstić information content (AvgIpc) is 2.74. The van der Waals surface area contributed by atoms with Crippen molar-refractivity contribution in [2.45, 2.75) is 51.9 Å². The van der Waals surface area contributed by atoms with Gasteiger partial charge in [0.2, 0.25) is 0 Å². The molecule has 0 fully saturated rings. The molecule has 0 amide bonds. The number of nitrogens with two attached hydrogens (primary N) is 1. The van der Waals surface area contributed by atoms with Crippen molar-refractivity contribution in [3.05, 3.63) is 89.5 Å². The van der Waals surface area contributed by atoms with E-state index in [9.17, 15) is 5.11 Å². The molecule has 0 bridgehead atoms. The van der Waals surface area contributed by atoms with Gasteiger partial charge in [-0.05, 0) is 84.0 Å². The summed E-state index contributed by atoms with van der Waals surface area (Å²) in [5, 5.41) is 9.82. The molecule has 0 saturated heterocycles. The molecule has 0 radical (unpaired) electrons. The molecule has 0 aliphatic rings. The summed E-state index contributed by atoms with van der Waals surface area (Å²) in [6.45, 7) is 5.29. The van der Waals surface area contributed by atoms with Crippen molar-refractivity contribution >= 4 is 0 Å². The van der Waals surface area contributed by atoms with Crippen molar-refractivity contribution in [2.24, 2.45) is 11.7 Å². The molecule has 2 nitrogen and oxygen atoms in total. The van der Waals surface area contributed by atoms with Crippen LogP contribution in [0.15, 0.2) is 72.8 Å². The van der Waals surface area contributed by atoms with Gasteiger partial charge in [0.05, 0.1) is 0 Å². The molecule has 3 aromatic rings. The normalized spacial score (nSPS) is 12.3. The minimum atomic E-state index is 0.311. The van der Waals surface area contributed by atoms with Crippen molar-refractivity contribution < 1.29 is 5.11 Å². The number of rotatable bonds is 10. The second-order valence-corrected chi connectivity index (χ2v) is 8.70. The number of hydrogen-bond acceptors (Lipinski definition) is 2. The maximum atomic E-state index is 9.82. The zero-order chi connectivity index (χ0) is 21.3. The Balaban J connectivity index is 2.07. The van der Waals surface area contributed by atoms with E-state index in [1.807, 2.05) is 0 Å². The van der Waals surface area contributed by atoms with Gasteiger partial charge in [-0.1, -0.05) is 80.9 Å². The lowest BCUT2D eigenvalue weighted by atomic mass is 9.80. The SMILES string of the molecule is CC(C)Cc1cccc(C(CCCCN)Cc2ccccc2)c1-c1ccc(O)cc1. The Morgan fingerprint density at radius 3 is 2.20 bits per heavy atom. The molecule has 0 aliphatic carbocycles. The van der Waals surface area contributed by atoms with E-state index in [-0.39, 0.29) is 0 Å². The number of hydrogen-bond donors (Lipinski definition) is 2. The van der Waals surface area contributed by atoms with Gasteiger partial charge in [-0.15, -0.1) is 0 Å². The third-order valence-electron chi connectivity index (χ3n) is 5.74. The van der Waals surface area contributed by atoms with Crippen molar-refractivity contribution in [3.63, 3.8) is 0 Å². The zero-order valence-corrected chi connectivity index (χ0v) is 18.4. The molecule has 0 heterocycles. The van der Waals surface area contributed by atoms with E-state index in [0.29, 0.717) is 17.6 Å². The maximum Gasteiger partial charge on any atom is 0.115 e. The standard InChI is InChI=1S/C28H35NO/c1-21(2)19-25-12-8-13-27(28(25)23-14-16-26(30)17-15-23)24(11-6-7-18-29)20-22-9-4-3-5-10-22/h3-5,8-10,12-17,21,24,30H,6-7,11,18-20,29H2,1-2H3. The predicted molar refractivity (Wildman–Crippen MR) is 128 cm³/mol. The van der Waals surface area contributed by atoms with Gasteiger partial charge in [-0.3, -0.25) is 0 Å². The van der Waals surface area contributed by atoms with Crippen LogP contribution in [0.4, 0.5) is 0 Å². The first-order valence-electron chi connectivity index (χ1n) is 11.2. The third kappa shape index (κ3) is 5.96. The zero-order valence-electron chi connectivity index (χ0n) is 18.4. The number of aromatic hydroxyl groups is 1. The van der Waals surface area contributed by atoms with Crippen molar-refractivity contribution in [1.82, 2.24) is 0 Å². The van der Waals surface area contributed by atoms with E-state index in [4.69, 9.17) is 5.73 Å². The number of phenolic OH excluding ortho intramolecular Hbond substituents is 1. The van der Waals surface area contributed by atoms with Gasteiger partial charge in [0.25, 0.3) is 0 Å². The van der Waals surface area contributed by atoms with Gasteiger partial charge >= 0.3 is 0 Å². The summed E-state index contributed by atoms with van der Waals surface area (Å²) in [5.41, 5.74) is 12.5. The highest BCUT2D eigenvalue weighted by Crippen LogP contribution is 2.38. The van der Waals surface area contributed by atoms with E-state index in [2.05, 4.69) is 74.5 Å². The van der Waals surface area contributed by atoms with Crippen LogP contribution in [-0.4, -0.2) is 11.7 Å². The lowest BCUT2D eigenvalue weighted by Gasteiger charge is -2.24. The molecular formula is C28H35NO. The maximum absolute atomic E-state index is 9.82. The fraction of sp³-hybridized carbons (Fsp3) is 0.357. The van der Waals surface area contributed by atoms with Crippen molar-refractivity contribution in [3.8, 4) is 16.9 Å². The van der Waals surface area contributed by atoms with Gasteiger partial charge in [-0.2, -0.15) is 0 Å². The summed E-state index contributed by atoms with van der Waals surface area (Å²) in [6, 6.07) is 25.3. The van der Waals surface area contributed by atoms with E-state index in [0.717, 1.165) is 38.6 Å². The molecule has 158 valence electrons. The van der Waals surface area contributed by atoms with Gasteiger partial charge in [0.1, 0.15) is 5.75 Å². The first kappa shape index (κ1) is 22.1. The first-order chi connectivity index (χ1) is 14.6. The van der Waals surface area contributed by atoms with Gasteiger partial charge in [0.15, 0.2) is 0 Å². The number of unbranched alkanes of at least 4 members (excludes halogenated alkanes) is 1. The molecule has 2 heteroatoms. The molecule has 0 saturated carbocycles. The number of phenols is 1. The van der Waals surface area contributed by atoms with Crippen molar-refractivity contribution in [1.29, 1.82) is 0 Å². The van der Waals surface area contributed by atoms with Crippen LogP contribution in [0.1, 0.15) is 55.7 Å². The first-order valence-corrected chi connectivity index (χ1v) is 11.2. The predicted octanol–water partition coefficient (Wildman–Crippen LogP) is 6.71. The minimum Gasteiger partial charge on any atom is -0.508 e. The second kappa shape index (κ2) is 11.0. The largest absolute Gasteiger partial charge is 0.508 e. The molecule has 1 atom stereocenters. The topological polar surface area (TPSA) is 46.2 Å². The summed E-state index contributed by atoms with van der Waals surface area (Å²) in [4.78, 5) is 0. The molecule has 0 aromatic heterocycles. The highest BCUT2D eigenvalue weighted by Gasteiger charge is 2.20. The molecule has 3 aromatic carbocycles. The van der Waals surface area contributed by atoms with E-state index < -0.39 is 0 Å². The van der Waals surface area contributed by atoms with E-state index in [1.54, 1.807) is 12.1 Å². The van der Waals surface area contributed by atoms with Crippen LogP contribution in [0.3, 0.4) is 0 Å². The smallest absolute Gasteiger partial charge is 0.115 e. The fourth-order valence-electron chi connectivity index (χ4n) is 4.35. The van der Waals surface area contributed by atoms with Crippen LogP contribution in [0.5, 0.6) is 5.75 Å². The second-order valence-electron chi connectivity index (χ2n) is 8.70.